The molecule has 0 aromatic carbocycles. The third-order valence-electron chi connectivity index (χ3n) is 4.05. The van der Waals surface area contributed by atoms with E-state index in [4.69, 9.17) is 10.8 Å². The molecule has 5 nitrogen and oxygen atoms in total. The molecule has 104 valence electrons. The molecule has 3 N–H and O–H groups in total. The number of piperidine rings is 1. The number of carboxylic acids is 1. The van der Waals surface area contributed by atoms with Crippen molar-refractivity contribution >= 4 is 11.9 Å². The standard InChI is InChI=1S/C13H24N2O3/c1-4-8(2)11(14)12(16)15-6-5-10(13(17)18)7-9(15)3/h8-11H,4-7,14H2,1-3H3,(H,17,18). The summed E-state index contributed by atoms with van der Waals surface area (Å²) in [4.78, 5) is 24.9. The van der Waals surface area contributed by atoms with Gasteiger partial charge in [0.1, 0.15) is 0 Å². The molecule has 1 amide bonds. The van der Waals surface area contributed by atoms with E-state index in [1.54, 1.807) is 4.90 Å². The number of carbonyl (C=O) groups excluding carboxylic acids is 1. The van der Waals surface area contributed by atoms with E-state index < -0.39 is 12.0 Å². The van der Waals surface area contributed by atoms with Gasteiger partial charge in [0.15, 0.2) is 0 Å². The van der Waals surface area contributed by atoms with Crippen molar-refractivity contribution in [3.63, 3.8) is 0 Å². The van der Waals surface area contributed by atoms with Gasteiger partial charge in [0, 0.05) is 12.6 Å². The summed E-state index contributed by atoms with van der Waals surface area (Å²) >= 11 is 0. The van der Waals surface area contributed by atoms with Crippen LogP contribution in [0.1, 0.15) is 40.0 Å². The van der Waals surface area contributed by atoms with Gasteiger partial charge in [-0.1, -0.05) is 20.3 Å². The maximum absolute atomic E-state index is 12.2. The van der Waals surface area contributed by atoms with Crippen molar-refractivity contribution in [2.45, 2.75) is 52.1 Å². The number of aliphatic carboxylic acids is 1. The molecule has 1 saturated heterocycles. The zero-order valence-electron chi connectivity index (χ0n) is 11.4. The maximum Gasteiger partial charge on any atom is 0.306 e. The fourth-order valence-corrected chi connectivity index (χ4v) is 2.41. The highest BCUT2D eigenvalue weighted by molar-refractivity contribution is 5.82. The summed E-state index contributed by atoms with van der Waals surface area (Å²) < 4.78 is 0. The molecular weight excluding hydrogens is 232 g/mol. The Morgan fingerprint density at radius 3 is 2.56 bits per heavy atom. The van der Waals surface area contributed by atoms with E-state index in [0.717, 1.165) is 6.42 Å². The van der Waals surface area contributed by atoms with Crippen LogP contribution in [0, 0.1) is 11.8 Å². The molecule has 18 heavy (non-hydrogen) atoms. The minimum absolute atomic E-state index is 0.0394. The van der Waals surface area contributed by atoms with Crippen LogP contribution in [0.25, 0.3) is 0 Å². The molecule has 0 saturated carbocycles. The lowest BCUT2D eigenvalue weighted by atomic mass is 9.90. The van der Waals surface area contributed by atoms with Gasteiger partial charge >= 0.3 is 5.97 Å². The van der Waals surface area contributed by atoms with Gasteiger partial charge in [0.2, 0.25) is 5.91 Å². The number of carboxylic acid groups (broad SMARTS) is 1. The number of carbonyl (C=O) groups is 2. The van der Waals surface area contributed by atoms with Gasteiger partial charge in [-0.05, 0) is 25.7 Å². The topological polar surface area (TPSA) is 83.6 Å². The number of hydrogen-bond acceptors (Lipinski definition) is 3. The molecule has 1 heterocycles. The Bertz CT molecular complexity index is 319. The van der Waals surface area contributed by atoms with Crippen molar-refractivity contribution < 1.29 is 14.7 Å². The third-order valence-corrected chi connectivity index (χ3v) is 4.05. The normalized spacial score (nSPS) is 27.7. The zero-order chi connectivity index (χ0) is 13.9. The number of rotatable bonds is 4. The third kappa shape index (κ3) is 3.22. The Kier molecular flexibility index (Phi) is 5.14. The quantitative estimate of drug-likeness (QED) is 0.788. The van der Waals surface area contributed by atoms with Gasteiger partial charge in [-0.25, -0.2) is 0 Å². The average Bonchev–Trinajstić information content (AvgIpc) is 2.35. The second-order valence-electron chi connectivity index (χ2n) is 5.35. The van der Waals surface area contributed by atoms with E-state index in [-0.39, 0.29) is 23.8 Å². The lowest BCUT2D eigenvalue weighted by molar-refractivity contribution is -0.148. The average molecular weight is 256 g/mol. The lowest BCUT2D eigenvalue weighted by Crippen LogP contribution is -2.53. The summed E-state index contributed by atoms with van der Waals surface area (Å²) in [6.07, 6.45) is 1.92. The lowest BCUT2D eigenvalue weighted by Gasteiger charge is -2.38. The maximum atomic E-state index is 12.2. The first kappa shape index (κ1) is 15.0. The number of nitrogens with zero attached hydrogens (tertiary/aromatic N) is 1. The van der Waals surface area contributed by atoms with E-state index >= 15 is 0 Å². The van der Waals surface area contributed by atoms with Gasteiger partial charge in [-0.3, -0.25) is 9.59 Å². The highest BCUT2D eigenvalue weighted by Crippen LogP contribution is 2.24. The summed E-state index contributed by atoms with van der Waals surface area (Å²) in [5.41, 5.74) is 5.95. The van der Waals surface area contributed by atoms with E-state index in [9.17, 15) is 9.59 Å². The predicted molar refractivity (Wildman–Crippen MR) is 69.0 cm³/mol. The van der Waals surface area contributed by atoms with Gasteiger partial charge in [0.05, 0.1) is 12.0 Å². The minimum atomic E-state index is -0.764. The number of amides is 1. The molecular formula is C13H24N2O3. The SMILES string of the molecule is CCC(C)C(N)C(=O)N1CCC(C(=O)O)CC1C. The Hall–Kier alpha value is -1.10. The monoisotopic (exact) mass is 256 g/mol. The molecule has 0 radical (unpaired) electrons. The van der Waals surface area contributed by atoms with Crippen molar-refractivity contribution in [1.29, 1.82) is 0 Å². The van der Waals surface area contributed by atoms with Crippen LogP contribution in [0.2, 0.25) is 0 Å². The van der Waals surface area contributed by atoms with Crippen LogP contribution >= 0.6 is 0 Å². The fourth-order valence-electron chi connectivity index (χ4n) is 2.41. The van der Waals surface area contributed by atoms with Crippen LogP contribution in [0.3, 0.4) is 0 Å². The minimum Gasteiger partial charge on any atom is -0.481 e. The van der Waals surface area contributed by atoms with E-state index in [2.05, 4.69) is 0 Å². The first-order chi connectivity index (χ1) is 8.38. The van der Waals surface area contributed by atoms with Crippen LogP contribution in [-0.4, -0.2) is 40.5 Å². The van der Waals surface area contributed by atoms with Crippen LogP contribution in [0.15, 0.2) is 0 Å². The first-order valence-corrected chi connectivity index (χ1v) is 6.67. The molecule has 1 fully saturated rings. The molecule has 0 bridgehead atoms. The van der Waals surface area contributed by atoms with E-state index in [1.165, 1.54) is 0 Å². The highest BCUT2D eigenvalue weighted by atomic mass is 16.4. The number of hydrogen-bond donors (Lipinski definition) is 2. The molecule has 0 aromatic heterocycles. The molecule has 4 atom stereocenters. The smallest absolute Gasteiger partial charge is 0.306 e. The summed E-state index contributed by atoms with van der Waals surface area (Å²) in [6.45, 7) is 6.38. The van der Waals surface area contributed by atoms with Crippen LogP contribution in [-0.2, 0) is 9.59 Å². The molecule has 4 unspecified atom stereocenters. The summed E-state index contributed by atoms with van der Waals surface area (Å²) in [7, 11) is 0. The first-order valence-electron chi connectivity index (χ1n) is 6.67. The fraction of sp³-hybridized carbons (Fsp3) is 0.846. The Labute approximate surface area is 108 Å². The molecule has 0 aliphatic carbocycles. The Morgan fingerprint density at radius 2 is 2.11 bits per heavy atom. The van der Waals surface area contributed by atoms with Crippen molar-refractivity contribution in [2.75, 3.05) is 6.54 Å². The number of likely N-dealkylation sites (tertiary alicyclic amines) is 1. The van der Waals surface area contributed by atoms with Gasteiger partial charge in [-0.2, -0.15) is 0 Å². The predicted octanol–water partition coefficient (Wildman–Crippen LogP) is 1.07. The van der Waals surface area contributed by atoms with E-state index in [0.29, 0.717) is 19.4 Å². The molecule has 1 aliphatic rings. The second-order valence-corrected chi connectivity index (χ2v) is 5.35. The Morgan fingerprint density at radius 1 is 1.50 bits per heavy atom. The van der Waals surface area contributed by atoms with Crippen molar-refractivity contribution in [2.24, 2.45) is 17.6 Å². The molecule has 1 rings (SSSR count). The van der Waals surface area contributed by atoms with Crippen molar-refractivity contribution in [1.82, 2.24) is 4.90 Å². The van der Waals surface area contributed by atoms with Gasteiger partial charge < -0.3 is 15.7 Å². The van der Waals surface area contributed by atoms with Crippen LogP contribution < -0.4 is 5.73 Å². The van der Waals surface area contributed by atoms with Crippen LogP contribution in [0.4, 0.5) is 0 Å². The number of nitrogens with two attached hydrogens (primary N) is 1. The Balaban J connectivity index is 2.63. The molecule has 1 aliphatic heterocycles. The van der Waals surface area contributed by atoms with Crippen LogP contribution in [0.5, 0.6) is 0 Å². The summed E-state index contributed by atoms with van der Waals surface area (Å²) in [5.74, 6) is -0.980. The largest absolute Gasteiger partial charge is 0.481 e. The van der Waals surface area contributed by atoms with E-state index in [1.807, 2.05) is 20.8 Å². The summed E-state index contributed by atoms with van der Waals surface area (Å²) in [6, 6.07) is -0.513. The zero-order valence-corrected chi connectivity index (χ0v) is 11.4. The van der Waals surface area contributed by atoms with Gasteiger partial charge in [-0.15, -0.1) is 0 Å². The van der Waals surface area contributed by atoms with Crippen molar-refractivity contribution in [3.8, 4) is 0 Å². The second kappa shape index (κ2) is 6.18. The highest BCUT2D eigenvalue weighted by Gasteiger charge is 2.34. The summed E-state index contributed by atoms with van der Waals surface area (Å²) in [5, 5.41) is 8.99. The van der Waals surface area contributed by atoms with Gasteiger partial charge in [0.25, 0.3) is 0 Å². The van der Waals surface area contributed by atoms with Crippen molar-refractivity contribution in [3.05, 3.63) is 0 Å². The molecule has 0 aromatic rings. The molecule has 5 heteroatoms. The molecule has 0 spiro atoms.